The maximum Gasteiger partial charge on any atom is 0.513 e. The number of halogens is 1. The van der Waals surface area contributed by atoms with Crippen LogP contribution in [0.5, 0.6) is 0 Å². The molecular weight excluding hydrogens is 226 g/mol. The number of likely N-dealkylation sites (N-methyl/N-ethyl adjacent to an activating group) is 1. The Balaban J connectivity index is 2.00. The van der Waals surface area contributed by atoms with Crippen molar-refractivity contribution < 1.29 is 9.31 Å². The van der Waals surface area contributed by atoms with Crippen LogP contribution in [0, 0.1) is 0 Å². The molecule has 1 fully saturated rings. The van der Waals surface area contributed by atoms with E-state index in [9.17, 15) is 0 Å². The van der Waals surface area contributed by atoms with E-state index in [1.807, 2.05) is 13.1 Å². The summed E-state index contributed by atoms with van der Waals surface area (Å²) in [6.45, 7) is 3.11. The molecule has 1 aromatic rings. The first-order chi connectivity index (χ1) is 7.75. The van der Waals surface area contributed by atoms with Gasteiger partial charge in [-0.3, -0.25) is 4.98 Å². The summed E-state index contributed by atoms with van der Waals surface area (Å²) in [5.41, 5.74) is 0.772. The van der Waals surface area contributed by atoms with Crippen LogP contribution in [0.3, 0.4) is 0 Å². The summed E-state index contributed by atoms with van der Waals surface area (Å²) in [4.78, 5) is 6.37. The monoisotopic (exact) mass is 240 g/mol. The fourth-order valence-corrected chi connectivity index (χ4v) is 1.60. The molecule has 0 bridgehead atoms. The summed E-state index contributed by atoms with van der Waals surface area (Å²) >= 11 is 5.78. The van der Waals surface area contributed by atoms with Crippen molar-refractivity contribution in [2.45, 2.75) is 0 Å². The molecule has 86 valence electrons. The van der Waals surface area contributed by atoms with Crippen LogP contribution >= 0.6 is 11.6 Å². The van der Waals surface area contributed by atoms with Crippen LogP contribution in [0.15, 0.2) is 18.3 Å². The summed E-state index contributed by atoms with van der Waals surface area (Å²) in [6, 6.07) is 3.62. The highest BCUT2D eigenvalue weighted by atomic mass is 35.5. The molecule has 0 atom stereocenters. The Bertz CT molecular complexity index is 326. The maximum atomic E-state index is 5.78. The molecule has 1 saturated heterocycles. The third-order valence-electron chi connectivity index (χ3n) is 2.48. The van der Waals surface area contributed by atoms with E-state index < -0.39 is 0 Å². The lowest BCUT2D eigenvalue weighted by atomic mass is 9.83. The van der Waals surface area contributed by atoms with E-state index in [0.717, 1.165) is 18.7 Å². The highest BCUT2D eigenvalue weighted by molar-refractivity contribution is 6.60. The Morgan fingerprint density at radius 3 is 2.56 bits per heavy atom. The van der Waals surface area contributed by atoms with Gasteiger partial charge in [0, 0.05) is 32.5 Å². The largest absolute Gasteiger partial charge is 0.513 e. The van der Waals surface area contributed by atoms with Crippen LogP contribution in [0.4, 0.5) is 0 Å². The smallest absolute Gasteiger partial charge is 0.405 e. The highest BCUT2D eigenvalue weighted by Crippen LogP contribution is 2.03. The molecular formula is C10H14BClN2O2. The number of nitrogens with zero attached hydrogens (tertiary/aromatic N) is 2. The van der Waals surface area contributed by atoms with E-state index in [1.54, 1.807) is 12.3 Å². The minimum Gasteiger partial charge on any atom is -0.405 e. The van der Waals surface area contributed by atoms with Crippen LogP contribution in [0.2, 0.25) is 5.02 Å². The van der Waals surface area contributed by atoms with Crippen molar-refractivity contribution in [2.75, 3.05) is 33.4 Å². The van der Waals surface area contributed by atoms with Crippen molar-refractivity contribution in [2.24, 2.45) is 0 Å². The average Bonchev–Trinajstić information content (AvgIpc) is 2.25. The second-order valence-corrected chi connectivity index (χ2v) is 4.21. The van der Waals surface area contributed by atoms with Crippen LogP contribution in [0.1, 0.15) is 0 Å². The van der Waals surface area contributed by atoms with Gasteiger partial charge in [-0.2, -0.15) is 0 Å². The van der Waals surface area contributed by atoms with Crippen LogP contribution in [0.25, 0.3) is 0 Å². The summed E-state index contributed by atoms with van der Waals surface area (Å²) < 4.78 is 11.2. The predicted molar refractivity (Wildman–Crippen MR) is 64.0 cm³/mol. The second kappa shape index (κ2) is 5.64. The molecule has 0 aromatic carbocycles. The van der Waals surface area contributed by atoms with Gasteiger partial charge in [0.05, 0.1) is 10.6 Å². The third-order valence-corrected chi connectivity index (χ3v) is 2.70. The molecule has 0 unspecified atom stereocenters. The van der Waals surface area contributed by atoms with Gasteiger partial charge < -0.3 is 14.2 Å². The maximum absolute atomic E-state index is 5.78. The average molecular weight is 240 g/mol. The van der Waals surface area contributed by atoms with Crippen molar-refractivity contribution in [3.8, 4) is 0 Å². The Kier molecular flexibility index (Phi) is 4.18. The molecule has 2 rings (SSSR count). The summed E-state index contributed by atoms with van der Waals surface area (Å²) in [7, 11) is 1.68. The van der Waals surface area contributed by atoms with E-state index >= 15 is 0 Å². The van der Waals surface area contributed by atoms with Crippen molar-refractivity contribution in [3.63, 3.8) is 0 Å². The van der Waals surface area contributed by atoms with Crippen molar-refractivity contribution in [1.82, 2.24) is 9.88 Å². The number of pyridine rings is 1. The molecule has 0 aliphatic carbocycles. The lowest BCUT2D eigenvalue weighted by Gasteiger charge is -2.23. The Morgan fingerprint density at radius 2 is 2.00 bits per heavy atom. The van der Waals surface area contributed by atoms with Crippen LogP contribution in [-0.2, 0) is 9.31 Å². The SMILES string of the molecule is CN1CCOB(c2ccc(Cl)cn2)OCC1. The van der Waals surface area contributed by atoms with Gasteiger partial charge >= 0.3 is 7.12 Å². The molecule has 1 aliphatic heterocycles. The quantitative estimate of drug-likeness (QED) is 0.666. The van der Waals surface area contributed by atoms with Gasteiger partial charge in [-0.25, -0.2) is 0 Å². The molecule has 0 radical (unpaired) electrons. The Hall–Kier alpha value is -0.615. The molecule has 0 spiro atoms. The van der Waals surface area contributed by atoms with Gasteiger partial charge in [-0.1, -0.05) is 11.6 Å². The normalized spacial score (nSPS) is 19.2. The van der Waals surface area contributed by atoms with Gasteiger partial charge in [-0.15, -0.1) is 0 Å². The molecule has 16 heavy (non-hydrogen) atoms. The number of hydrogen-bond acceptors (Lipinski definition) is 4. The topological polar surface area (TPSA) is 34.6 Å². The van der Waals surface area contributed by atoms with Gasteiger partial charge in [0.1, 0.15) is 0 Å². The zero-order valence-electron chi connectivity index (χ0n) is 9.23. The van der Waals surface area contributed by atoms with E-state index in [1.165, 1.54) is 0 Å². The van der Waals surface area contributed by atoms with Gasteiger partial charge in [0.15, 0.2) is 0 Å². The fourth-order valence-electron chi connectivity index (χ4n) is 1.49. The molecule has 0 amide bonds. The lowest BCUT2D eigenvalue weighted by molar-refractivity contribution is 0.131. The number of aromatic nitrogens is 1. The van der Waals surface area contributed by atoms with Crippen molar-refractivity contribution in [3.05, 3.63) is 23.4 Å². The molecule has 0 N–H and O–H groups in total. The Morgan fingerprint density at radius 1 is 1.31 bits per heavy atom. The second-order valence-electron chi connectivity index (χ2n) is 3.78. The first-order valence-corrected chi connectivity index (χ1v) is 5.67. The molecule has 2 heterocycles. The standard InChI is InChI=1S/C10H14BClN2O2/c1-14-4-6-15-11(16-7-5-14)10-3-2-9(12)8-13-10/h2-3,8H,4-7H2,1H3. The first kappa shape index (κ1) is 11.9. The van der Waals surface area contributed by atoms with E-state index in [2.05, 4.69) is 9.88 Å². The van der Waals surface area contributed by atoms with Gasteiger partial charge in [0.2, 0.25) is 0 Å². The van der Waals surface area contributed by atoms with Gasteiger partial charge in [-0.05, 0) is 19.2 Å². The number of rotatable bonds is 1. The van der Waals surface area contributed by atoms with Crippen molar-refractivity contribution in [1.29, 1.82) is 0 Å². The Labute approximate surface area is 101 Å². The first-order valence-electron chi connectivity index (χ1n) is 5.29. The molecule has 6 heteroatoms. The fraction of sp³-hybridized carbons (Fsp3) is 0.500. The van der Waals surface area contributed by atoms with Crippen molar-refractivity contribution >= 4 is 24.3 Å². The summed E-state index contributed by atoms with van der Waals surface area (Å²) in [5.74, 6) is 0. The minimum atomic E-state index is -0.369. The molecule has 1 aromatic heterocycles. The molecule has 1 aliphatic rings. The zero-order valence-corrected chi connectivity index (χ0v) is 9.98. The minimum absolute atomic E-state index is 0.369. The predicted octanol–water partition coefficient (Wildman–Crippen LogP) is 0.409. The summed E-state index contributed by atoms with van der Waals surface area (Å²) in [5, 5.41) is 0.620. The highest BCUT2D eigenvalue weighted by Gasteiger charge is 2.24. The van der Waals surface area contributed by atoms with E-state index in [-0.39, 0.29) is 7.12 Å². The summed E-state index contributed by atoms with van der Waals surface area (Å²) in [6.07, 6.45) is 1.61. The van der Waals surface area contributed by atoms with Crippen LogP contribution in [-0.4, -0.2) is 50.4 Å². The zero-order chi connectivity index (χ0) is 11.4. The molecule has 4 nitrogen and oxygen atoms in total. The lowest BCUT2D eigenvalue weighted by Crippen LogP contribution is -2.44. The number of hydrogen-bond donors (Lipinski definition) is 0. The van der Waals surface area contributed by atoms with E-state index in [4.69, 9.17) is 20.9 Å². The third kappa shape index (κ3) is 3.19. The van der Waals surface area contributed by atoms with Gasteiger partial charge in [0.25, 0.3) is 0 Å². The van der Waals surface area contributed by atoms with Crippen LogP contribution < -0.4 is 5.59 Å². The van der Waals surface area contributed by atoms with E-state index in [0.29, 0.717) is 18.2 Å². The molecule has 0 saturated carbocycles.